The zero-order valence-electron chi connectivity index (χ0n) is 12.8. The molecule has 0 atom stereocenters. The van der Waals surface area contributed by atoms with Gasteiger partial charge in [-0.1, -0.05) is 18.2 Å². The molecule has 0 unspecified atom stereocenters. The summed E-state index contributed by atoms with van der Waals surface area (Å²) >= 11 is 0. The Bertz CT molecular complexity index is 861. The van der Waals surface area contributed by atoms with E-state index in [0.717, 1.165) is 5.56 Å². The molecule has 2 aromatic carbocycles. The predicted molar refractivity (Wildman–Crippen MR) is 88.3 cm³/mol. The first-order chi connectivity index (χ1) is 11.6. The number of rotatable bonds is 7. The largest absolute Gasteiger partial charge is 0.494 e. The highest BCUT2D eigenvalue weighted by Crippen LogP contribution is 2.20. The van der Waals surface area contributed by atoms with Crippen LogP contribution in [0.3, 0.4) is 0 Å². The minimum absolute atomic E-state index is 0.0527. The van der Waals surface area contributed by atoms with Crippen LogP contribution >= 0.6 is 0 Å². The lowest BCUT2D eigenvalue weighted by Crippen LogP contribution is -2.10. The van der Waals surface area contributed by atoms with Gasteiger partial charge >= 0.3 is 0 Å². The SMILES string of the molecule is O=S(=O)(CCCOc1ccc(-c2nnco2)cc1)c1ccccc1. The molecule has 3 aromatic rings. The van der Waals surface area contributed by atoms with Gasteiger partial charge in [0.15, 0.2) is 9.84 Å². The number of ether oxygens (including phenoxy) is 1. The van der Waals surface area contributed by atoms with E-state index in [9.17, 15) is 8.42 Å². The van der Waals surface area contributed by atoms with Gasteiger partial charge in [0.05, 0.1) is 17.3 Å². The molecule has 0 aliphatic carbocycles. The highest BCUT2D eigenvalue weighted by Gasteiger charge is 2.13. The number of hydrogen-bond acceptors (Lipinski definition) is 6. The number of sulfone groups is 1. The van der Waals surface area contributed by atoms with Gasteiger partial charge in [-0.2, -0.15) is 0 Å². The van der Waals surface area contributed by atoms with E-state index in [-0.39, 0.29) is 5.75 Å². The van der Waals surface area contributed by atoms with Gasteiger partial charge in [0, 0.05) is 5.56 Å². The van der Waals surface area contributed by atoms with Crippen LogP contribution in [0.2, 0.25) is 0 Å². The maximum absolute atomic E-state index is 12.1. The van der Waals surface area contributed by atoms with E-state index in [1.807, 2.05) is 12.1 Å². The number of benzene rings is 2. The van der Waals surface area contributed by atoms with E-state index in [2.05, 4.69) is 10.2 Å². The second-order valence-corrected chi connectivity index (χ2v) is 7.21. The summed E-state index contributed by atoms with van der Waals surface area (Å²) in [6.45, 7) is 0.325. The van der Waals surface area contributed by atoms with Gasteiger partial charge in [0.1, 0.15) is 5.75 Å². The van der Waals surface area contributed by atoms with E-state index in [4.69, 9.17) is 9.15 Å². The van der Waals surface area contributed by atoms with Crippen molar-refractivity contribution in [3.05, 3.63) is 61.0 Å². The lowest BCUT2D eigenvalue weighted by Gasteiger charge is -2.07. The van der Waals surface area contributed by atoms with Crippen molar-refractivity contribution in [3.63, 3.8) is 0 Å². The lowest BCUT2D eigenvalue weighted by molar-refractivity contribution is 0.317. The summed E-state index contributed by atoms with van der Waals surface area (Å²) in [5, 5.41) is 7.45. The average molecular weight is 344 g/mol. The van der Waals surface area contributed by atoms with Crippen LogP contribution in [0.4, 0.5) is 0 Å². The fraction of sp³-hybridized carbons (Fsp3) is 0.176. The Morgan fingerprint density at radius 1 is 1.00 bits per heavy atom. The van der Waals surface area contributed by atoms with Gasteiger partial charge in [-0.05, 0) is 42.8 Å². The fourth-order valence-corrected chi connectivity index (χ4v) is 3.48. The van der Waals surface area contributed by atoms with Crippen LogP contribution in [0, 0.1) is 0 Å². The first-order valence-corrected chi connectivity index (χ1v) is 9.07. The Balaban J connectivity index is 1.50. The molecule has 0 aliphatic rings. The van der Waals surface area contributed by atoms with Crippen molar-refractivity contribution in [1.82, 2.24) is 10.2 Å². The smallest absolute Gasteiger partial charge is 0.247 e. The van der Waals surface area contributed by atoms with Crippen molar-refractivity contribution in [3.8, 4) is 17.2 Å². The minimum atomic E-state index is -3.26. The summed E-state index contributed by atoms with van der Waals surface area (Å²) in [5.74, 6) is 1.16. The number of nitrogens with zero attached hydrogens (tertiary/aromatic N) is 2. The highest BCUT2D eigenvalue weighted by atomic mass is 32.2. The molecule has 0 saturated heterocycles. The summed E-state index contributed by atoms with van der Waals surface area (Å²) in [5.41, 5.74) is 0.798. The van der Waals surface area contributed by atoms with Crippen LogP contribution in [0.5, 0.6) is 5.75 Å². The van der Waals surface area contributed by atoms with E-state index in [1.165, 1.54) is 6.39 Å². The first kappa shape index (κ1) is 16.2. The Morgan fingerprint density at radius 3 is 2.42 bits per heavy atom. The van der Waals surface area contributed by atoms with Crippen molar-refractivity contribution in [2.45, 2.75) is 11.3 Å². The van der Waals surface area contributed by atoms with Crippen molar-refractivity contribution in [2.24, 2.45) is 0 Å². The first-order valence-electron chi connectivity index (χ1n) is 7.42. The fourth-order valence-electron chi connectivity index (χ4n) is 2.18. The van der Waals surface area contributed by atoms with E-state index in [0.29, 0.717) is 29.6 Å². The molecular formula is C17H16N2O4S. The van der Waals surface area contributed by atoms with Crippen LogP contribution in [0.25, 0.3) is 11.5 Å². The van der Waals surface area contributed by atoms with Crippen LogP contribution in [0.15, 0.2) is 70.3 Å². The summed E-state index contributed by atoms with van der Waals surface area (Å²) in [4.78, 5) is 0.342. The zero-order valence-corrected chi connectivity index (χ0v) is 13.6. The Hall–Kier alpha value is -2.67. The molecule has 24 heavy (non-hydrogen) atoms. The van der Waals surface area contributed by atoms with Gasteiger partial charge in [0.25, 0.3) is 0 Å². The second-order valence-electron chi connectivity index (χ2n) is 5.10. The quantitative estimate of drug-likeness (QED) is 0.613. The van der Waals surface area contributed by atoms with Crippen molar-refractivity contribution < 1.29 is 17.6 Å². The molecule has 0 saturated carbocycles. The third kappa shape index (κ3) is 3.99. The van der Waals surface area contributed by atoms with Gasteiger partial charge in [0.2, 0.25) is 12.3 Å². The maximum Gasteiger partial charge on any atom is 0.247 e. The summed E-state index contributed by atoms with van der Waals surface area (Å²) in [7, 11) is -3.26. The van der Waals surface area contributed by atoms with Crippen molar-refractivity contribution in [2.75, 3.05) is 12.4 Å². The van der Waals surface area contributed by atoms with Crippen LogP contribution in [-0.4, -0.2) is 31.0 Å². The average Bonchev–Trinajstić information content (AvgIpc) is 3.15. The molecule has 1 heterocycles. The Morgan fingerprint density at radius 2 is 1.75 bits per heavy atom. The van der Waals surface area contributed by atoms with Gasteiger partial charge in [-0.3, -0.25) is 0 Å². The monoisotopic (exact) mass is 344 g/mol. The third-order valence-electron chi connectivity index (χ3n) is 3.39. The summed E-state index contributed by atoms with van der Waals surface area (Å²) < 4.78 is 35.0. The van der Waals surface area contributed by atoms with Crippen molar-refractivity contribution in [1.29, 1.82) is 0 Å². The van der Waals surface area contributed by atoms with Gasteiger partial charge in [-0.25, -0.2) is 8.42 Å². The second kappa shape index (κ2) is 7.27. The summed E-state index contributed by atoms with van der Waals surface area (Å²) in [6, 6.07) is 15.6. The molecule has 0 amide bonds. The van der Waals surface area contributed by atoms with Crippen molar-refractivity contribution >= 4 is 9.84 Å². The van der Waals surface area contributed by atoms with Gasteiger partial charge < -0.3 is 9.15 Å². The predicted octanol–water partition coefficient (Wildman–Crippen LogP) is 2.98. The molecule has 0 fully saturated rings. The molecule has 0 bridgehead atoms. The van der Waals surface area contributed by atoms with Gasteiger partial charge in [-0.15, -0.1) is 10.2 Å². The Labute approximate surface area is 140 Å². The molecule has 0 aliphatic heterocycles. The summed E-state index contributed by atoms with van der Waals surface area (Å²) in [6.07, 6.45) is 1.69. The molecule has 124 valence electrons. The molecule has 1 aromatic heterocycles. The van der Waals surface area contributed by atoms with E-state index in [1.54, 1.807) is 42.5 Å². The molecular weight excluding hydrogens is 328 g/mol. The minimum Gasteiger partial charge on any atom is -0.494 e. The number of aromatic nitrogens is 2. The maximum atomic E-state index is 12.1. The third-order valence-corrected chi connectivity index (χ3v) is 5.21. The van der Waals surface area contributed by atoms with E-state index < -0.39 is 9.84 Å². The molecule has 7 heteroatoms. The van der Waals surface area contributed by atoms with Crippen LogP contribution in [0.1, 0.15) is 6.42 Å². The Kier molecular flexibility index (Phi) is 4.90. The van der Waals surface area contributed by atoms with Crippen LogP contribution < -0.4 is 4.74 Å². The lowest BCUT2D eigenvalue weighted by atomic mass is 10.2. The molecule has 0 N–H and O–H groups in total. The molecule has 0 spiro atoms. The van der Waals surface area contributed by atoms with Crippen LogP contribution in [-0.2, 0) is 9.84 Å². The molecule has 6 nitrogen and oxygen atoms in total. The number of hydrogen-bond donors (Lipinski definition) is 0. The molecule has 3 rings (SSSR count). The molecule has 0 radical (unpaired) electrons. The standard InChI is InChI=1S/C17H16N2O4S/c20-24(21,16-5-2-1-3-6-16)12-4-11-22-15-9-7-14(8-10-15)17-19-18-13-23-17/h1-3,5-10,13H,4,11-12H2. The topological polar surface area (TPSA) is 82.3 Å². The highest BCUT2D eigenvalue weighted by molar-refractivity contribution is 7.91. The van der Waals surface area contributed by atoms with E-state index >= 15 is 0 Å². The zero-order chi connectivity index (χ0) is 16.8. The normalized spacial score (nSPS) is 11.3.